The van der Waals surface area contributed by atoms with Crippen molar-refractivity contribution in [3.8, 4) is 5.75 Å². The first-order chi connectivity index (χ1) is 15.0. The standard InChI is InChI=1S/C26H42O5/c1-2-3-4-5-6-7-8-9-10-11-12-13-14-15-16-17-18-21-19-20-22(25(28)29)23(24(21)27)26(30)31/h19-20,27H,2-18H2,1H3,(H,28,29)(H,30,31). The number of hydrogen-bond acceptors (Lipinski definition) is 3. The number of unbranched alkanes of at least 4 members (excludes halogenated alkanes) is 15. The van der Waals surface area contributed by atoms with Crippen LogP contribution in [-0.4, -0.2) is 27.3 Å². The topological polar surface area (TPSA) is 94.8 Å². The van der Waals surface area contributed by atoms with Gasteiger partial charge in [0.2, 0.25) is 0 Å². The maximum Gasteiger partial charge on any atom is 0.340 e. The van der Waals surface area contributed by atoms with Gasteiger partial charge in [-0.2, -0.15) is 0 Å². The number of aromatic carboxylic acids is 2. The number of aromatic hydroxyl groups is 1. The summed E-state index contributed by atoms with van der Waals surface area (Å²) in [5, 5.41) is 28.5. The summed E-state index contributed by atoms with van der Waals surface area (Å²) in [6, 6.07) is 2.80. The molecule has 0 fully saturated rings. The highest BCUT2D eigenvalue weighted by molar-refractivity contribution is 6.04. The summed E-state index contributed by atoms with van der Waals surface area (Å²) in [7, 11) is 0. The van der Waals surface area contributed by atoms with Crippen LogP contribution in [0, 0.1) is 0 Å². The quantitative estimate of drug-likeness (QED) is 0.195. The molecular weight excluding hydrogens is 392 g/mol. The maximum absolute atomic E-state index is 11.3. The van der Waals surface area contributed by atoms with Gasteiger partial charge < -0.3 is 15.3 Å². The Bertz CT molecular complexity index is 653. The maximum atomic E-state index is 11.3. The monoisotopic (exact) mass is 434 g/mol. The number of benzene rings is 1. The number of rotatable bonds is 19. The first-order valence-electron chi connectivity index (χ1n) is 12.3. The Hall–Kier alpha value is -2.04. The molecule has 0 amide bonds. The lowest BCUT2D eigenvalue weighted by Crippen LogP contribution is -2.09. The van der Waals surface area contributed by atoms with Crippen molar-refractivity contribution in [3.63, 3.8) is 0 Å². The molecule has 0 bridgehead atoms. The second kappa shape index (κ2) is 16.6. The fraction of sp³-hybridized carbons (Fsp3) is 0.692. The third kappa shape index (κ3) is 11.2. The van der Waals surface area contributed by atoms with Crippen LogP contribution in [0.3, 0.4) is 0 Å². The molecule has 5 heteroatoms. The molecule has 0 saturated heterocycles. The van der Waals surface area contributed by atoms with E-state index in [0.29, 0.717) is 12.0 Å². The van der Waals surface area contributed by atoms with Gasteiger partial charge in [-0.05, 0) is 24.5 Å². The second-order valence-electron chi connectivity index (χ2n) is 8.66. The minimum atomic E-state index is -1.41. The highest BCUT2D eigenvalue weighted by Crippen LogP contribution is 2.28. The largest absolute Gasteiger partial charge is 0.507 e. The van der Waals surface area contributed by atoms with E-state index in [0.717, 1.165) is 19.3 Å². The van der Waals surface area contributed by atoms with E-state index in [1.54, 1.807) is 0 Å². The first-order valence-corrected chi connectivity index (χ1v) is 12.3. The van der Waals surface area contributed by atoms with Crippen LogP contribution in [0.4, 0.5) is 0 Å². The number of aryl methyl sites for hydroxylation is 1. The molecule has 1 rings (SSSR count). The Morgan fingerprint density at radius 3 is 1.45 bits per heavy atom. The van der Waals surface area contributed by atoms with Crippen molar-refractivity contribution in [1.82, 2.24) is 0 Å². The molecule has 176 valence electrons. The Balaban J connectivity index is 2.06. The summed E-state index contributed by atoms with van der Waals surface area (Å²) in [4.78, 5) is 22.4. The Morgan fingerprint density at radius 1 is 0.645 bits per heavy atom. The third-order valence-corrected chi connectivity index (χ3v) is 6.01. The van der Waals surface area contributed by atoms with E-state index < -0.39 is 23.3 Å². The molecule has 1 aromatic carbocycles. The molecule has 0 heterocycles. The van der Waals surface area contributed by atoms with E-state index in [-0.39, 0.29) is 5.56 Å². The molecule has 5 nitrogen and oxygen atoms in total. The van der Waals surface area contributed by atoms with Gasteiger partial charge in [0.25, 0.3) is 0 Å². The van der Waals surface area contributed by atoms with Gasteiger partial charge in [0.1, 0.15) is 11.3 Å². The average molecular weight is 435 g/mol. The van der Waals surface area contributed by atoms with Gasteiger partial charge in [-0.3, -0.25) is 0 Å². The van der Waals surface area contributed by atoms with Crippen LogP contribution in [0.1, 0.15) is 136 Å². The summed E-state index contributed by atoms with van der Waals surface area (Å²) in [5.41, 5.74) is -0.380. The van der Waals surface area contributed by atoms with E-state index in [2.05, 4.69) is 6.92 Å². The number of carboxylic acid groups (broad SMARTS) is 2. The fourth-order valence-corrected chi connectivity index (χ4v) is 4.09. The average Bonchev–Trinajstić information content (AvgIpc) is 2.73. The van der Waals surface area contributed by atoms with E-state index in [4.69, 9.17) is 5.11 Å². The number of hydrogen-bond donors (Lipinski definition) is 3. The van der Waals surface area contributed by atoms with Crippen molar-refractivity contribution >= 4 is 11.9 Å². The second-order valence-corrected chi connectivity index (χ2v) is 8.66. The normalized spacial score (nSPS) is 11.0. The zero-order valence-electron chi connectivity index (χ0n) is 19.3. The molecular formula is C26H42O5. The molecule has 0 radical (unpaired) electrons. The minimum Gasteiger partial charge on any atom is -0.507 e. The van der Waals surface area contributed by atoms with Crippen molar-refractivity contribution in [3.05, 3.63) is 28.8 Å². The fourth-order valence-electron chi connectivity index (χ4n) is 4.09. The van der Waals surface area contributed by atoms with Gasteiger partial charge in [0.15, 0.2) is 0 Å². The summed E-state index contributed by atoms with van der Waals surface area (Å²) in [6.45, 7) is 2.26. The van der Waals surface area contributed by atoms with Gasteiger partial charge in [-0.15, -0.1) is 0 Å². The van der Waals surface area contributed by atoms with Crippen LogP contribution in [0.5, 0.6) is 5.75 Å². The molecule has 0 spiro atoms. The van der Waals surface area contributed by atoms with Crippen LogP contribution in [0.2, 0.25) is 0 Å². The Morgan fingerprint density at radius 2 is 1.06 bits per heavy atom. The Labute approximate surface area is 187 Å². The predicted octanol–water partition coefficient (Wildman–Crippen LogP) is 7.59. The zero-order valence-corrected chi connectivity index (χ0v) is 19.3. The lowest BCUT2D eigenvalue weighted by molar-refractivity contribution is 0.0648. The van der Waals surface area contributed by atoms with E-state index in [9.17, 15) is 19.8 Å². The van der Waals surface area contributed by atoms with E-state index in [1.165, 1.54) is 95.6 Å². The van der Waals surface area contributed by atoms with Gasteiger partial charge in [-0.1, -0.05) is 109 Å². The molecule has 0 aliphatic heterocycles. The highest BCUT2D eigenvalue weighted by Gasteiger charge is 2.22. The molecule has 31 heavy (non-hydrogen) atoms. The summed E-state index contributed by atoms with van der Waals surface area (Å²) in [5.74, 6) is -3.17. The summed E-state index contributed by atoms with van der Waals surface area (Å²) >= 11 is 0. The molecule has 1 aromatic rings. The molecule has 0 aliphatic rings. The smallest absolute Gasteiger partial charge is 0.340 e. The molecule has 0 unspecified atom stereocenters. The first kappa shape index (κ1) is 27.0. The molecule has 0 saturated carbocycles. The lowest BCUT2D eigenvalue weighted by atomic mass is 9.98. The molecule has 0 aliphatic carbocycles. The number of phenols is 1. The predicted molar refractivity (Wildman–Crippen MR) is 125 cm³/mol. The van der Waals surface area contributed by atoms with Crippen molar-refractivity contribution in [2.75, 3.05) is 0 Å². The SMILES string of the molecule is CCCCCCCCCCCCCCCCCCc1ccc(C(=O)O)c(C(=O)O)c1O. The third-order valence-electron chi connectivity index (χ3n) is 6.01. The van der Waals surface area contributed by atoms with Crippen molar-refractivity contribution < 1.29 is 24.9 Å². The van der Waals surface area contributed by atoms with Gasteiger partial charge >= 0.3 is 11.9 Å². The summed E-state index contributed by atoms with van der Waals surface area (Å²) in [6.07, 6.45) is 21.1. The van der Waals surface area contributed by atoms with E-state index >= 15 is 0 Å². The molecule has 0 aromatic heterocycles. The highest BCUT2D eigenvalue weighted by atomic mass is 16.4. The van der Waals surface area contributed by atoms with Crippen molar-refractivity contribution in [2.24, 2.45) is 0 Å². The van der Waals surface area contributed by atoms with Gasteiger partial charge in [-0.25, -0.2) is 9.59 Å². The molecule has 0 atom stereocenters. The van der Waals surface area contributed by atoms with Crippen molar-refractivity contribution in [2.45, 2.75) is 116 Å². The van der Waals surface area contributed by atoms with Crippen LogP contribution < -0.4 is 0 Å². The van der Waals surface area contributed by atoms with Crippen LogP contribution in [0.25, 0.3) is 0 Å². The van der Waals surface area contributed by atoms with Crippen LogP contribution in [0.15, 0.2) is 12.1 Å². The number of carbonyl (C=O) groups is 2. The van der Waals surface area contributed by atoms with Gasteiger partial charge in [0, 0.05) is 0 Å². The van der Waals surface area contributed by atoms with E-state index in [1.807, 2.05) is 0 Å². The minimum absolute atomic E-state index is 0.374. The van der Waals surface area contributed by atoms with Crippen LogP contribution >= 0.6 is 0 Å². The van der Waals surface area contributed by atoms with Crippen LogP contribution in [-0.2, 0) is 6.42 Å². The zero-order chi connectivity index (χ0) is 22.9. The lowest BCUT2D eigenvalue weighted by Gasteiger charge is -2.10. The summed E-state index contributed by atoms with van der Waals surface area (Å²) < 4.78 is 0. The number of carboxylic acids is 2. The van der Waals surface area contributed by atoms with Crippen molar-refractivity contribution in [1.29, 1.82) is 0 Å². The van der Waals surface area contributed by atoms with Gasteiger partial charge in [0.05, 0.1) is 5.56 Å². The molecule has 3 N–H and O–H groups in total. The Kier molecular flexibility index (Phi) is 14.5.